The van der Waals surface area contributed by atoms with Gasteiger partial charge >= 0.3 is 5.97 Å². The molecule has 25 heavy (non-hydrogen) atoms. The molecule has 0 heterocycles. The maximum Gasteiger partial charge on any atom is 0.338 e. The summed E-state index contributed by atoms with van der Waals surface area (Å²) in [4.78, 5) is 12.0. The van der Waals surface area contributed by atoms with E-state index < -0.39 is 15.8 Å². The SMILES string of the molecule is CCCCC#CS(=O)(=O)c1ccc(COC(=O)c2ccccc2)cc1. The van der Waals surface area contributed by atoms with Gasteiger partial charge in [0.25, 0.3) is 0 Å². The van der Waals surface area contributed by atoms with Crippen molar-refractivity contribution in [2.75, 3.05) is 0 Å². The summed E-state index contributed by atoms with van der Waals surface area (Å²) in [5, 5.41) is 2.34. The van der Waals surface area contributed by atoms with Crippen LogP contribution in [0, 0.1) is 11.2 Å². The van der Waals surface area contributed by atoms with E-state index in [9.17, 15) is 13.2 Å². The summed E-state index contributed by atoms with van der Waals surface area (Å²) in [6, 6.07) is 14.9. The molecule has 0 spiro atoms. The molecule has 0 saturated carbocycles. The van der Waals surface area contributed by atoms with Gasteiger partial charge < -0.3 is 4.74 Å². The molecule has 5 heteroatoms. The molecule has 0 aromatic heterocycles. The average Bonchev–Trinajstić information content (AvgIpc) is 2.64. The van der Waals surface area contributed by atoms with Gasteiger partial charge in [0, 0.05) is 11.7 Å². The first-order valence-electron chi connectivity index (χ1n) is 8.08. The van der Waals surface area contributed by atoms with Crippen molar-refractivity contribution in [3.63, 3.8) is 0 Å². The van der Waals surface area contributed by atoms with E-state index in [1.807, 2.05) is 13.0 Å². The van der Waals surface area contributed by atoms with Crippen LogP contribution in [0.2, 0.25) is 0 Å². The van der Waals surface area contributed by atoms with Crippen molar-refractivity contribution in [1.29, 1.82) is 0 Å². The van der Waals surface area contributed by atoms with Crippen molar-refractivity contribution in [1.82, 2.24) is 0 Å². The zero-order chi connectivity index (χ0) is 18.1. The molecule has 130 valence electrons. The molecule has 2 aromatic rings. The minimum absolute atomic E-state index is 0.0796. The Hall–Kier alpha value is -2.58. The lowest BCUT2D eigenvalue weighted by molar-refractivity contribution is 0.0472. The predicted molar refractivity (Wildman–Crippen MR) is 96.5 cm³/mol. The fourth-order valence-corrected chi connectivity index (χ4v) is 2.95. The van der Waals surface area contributed by atoms with Crippen LogP contribution in [-0.2, 0) is 21.2 Å². The minimum atomic E-state index is -3.60. The van der Waals surface area contributed by atoms with Gasteiger partial charge in [0.1, 0.15) is 6.61 Å². The van der Waals surface area contributed by atoms with Crippen molar-refractivity contribution >= 4 is 15.8 Å². The zero-order valence-corrected chi connectivity index (χ0v) is 14.9. The lowest BCUT2D eigenvalue weighted by Crippen LogP contribution is -2.05. The van der Waals surface area contributed by atoms with Gasteiger partial charge in [0.05, 0.1) is 10.5 Å². The molecule has 0 N–H and O–H groups in total. The van der Waals surface area contributed by atoms with E-state index in [0.29, 0.717) is 17.5 Å². The summed E-state index contributed by atoms with van der Waals surface area (Å²) in [6.07, 6.45) is 2.43. The van der Waals surface area contributed by atoms with Crippen molar-refractivity contribution in [3.05, 3.63) is 65.7 Å². The van der Waals surface area contributed by atoms with E-state index >= 15 is 0 Å². The quantitative estimate of drug-likeness (QED) is 0.340. The van der Waals surface area contributed by atoms with Gasteiger partial charge in [-0.3, -0.25) is 0 Å². The zero-order valence-electron chi connectivity index (χ0n) is 14.1. The highest BCUT2D eigenvalue weighted by Crippen LogP contribution is 2.13. The standard InChI is InChI=1S/C20H20O4S/c1-2-3-4-8-15-25(22,23)19-13-11-17(12-14-19)16-24-20(21)18-9-6-5-7-10-18/h5-7,9-14H,2-4,16H2,1H3. The van der Waals surface area contributed by atoms with Gasteiger partial charge in [-0.15, -0.1) is 0 Å². The maximum atomic E-state index is 12.1. The summed E-state index contributed by atoms with van der Waals surface area (Å²) < 4.78 is 29.4. The highest BCUT2D eigenvalue weighted by atomic mass is 32.2. The summed E-state index contributed by atoms with van der Waals surface area (Å²) >= 11 is 0. The van der Waals surface area contributed by atoms with Crippen molar-refractivity contribution in [2.24, 2.45) is 0 Å². The molecule has 0 atom stereocenters. The van der Waals surface area contributed by atoms with E-state index in [4.69, 9.17) is 4.74 Å². The van der Waals surface area contributed by atoms with E-state index in [-0.39, 0.29) is 11.5 Å². The topological polar surface area (TPSA) is 60.4 Å². The van der Waals surface area contributed by atoms with E-state index in [0.717, 1.165) is 12.8 Å². The molecule has 0 radical (unpaired) electrons. The van der Waals surface area contributed by atoms with Crippen molar-refractivity contribution < 1.29 is 17.9 Å². The highest BCUT2D eigenvalue weighted by Gasteiger charge is 2.11. The molecule has 0 unspecified atom stereocenters. The number of hydrogen-bond acceptors (Lipinski definition) is 4. The maximum absolute atomic E-state index is 12.1. The smallest absolute Gasteiger partial charge is 0.338 e. The van der Waals surface area contributed by atoms with E-state index in [1.54, 1.807) is 36.4 Å². The second kappa shape index (κ2) is 9.05. The largest absolute Gasteiger partial charge is 0.457 e. The molecule has 0 aliphatic heterocycles. The van der Waals surface area contributed by atoms with Crippen LogP contribution in [0.25, 0.3) is 0 Å². The Morgan fingerprint density at radius 2 is 1.72 bits per heavy atom. The molecule has 2 rings (SSSR count). The molecule has 0 saturated heterocycles. The molecule has 0 aliphatic carbocycles. The molecule has 2 aromatic carbocycles. The number of carbonyl (C=O) groups excluding carboxylic acids is 1. The Morgan fingerprint density at radius 1 is 1.04 bits per heavy atom. The first kappa shape index (κ1) is 18.8. The molecule has 0 fully saturated rings. The van der Waals surface area contributed by atoms with E-state index in [2.05, 4.69) is 11.2 Å². The monoisotopic (exact) mass is 356 g/mol. The van der Waals surface area contributed by atoms with Crippen molar-refractivity contribution in [3.8, 4) is 11.2 Å². The molecule has 0 amide bonds. The van der Waals surface area contributed by atoms with Gasteiger partial charge in [0.15, 0.2) is 0 Å². The highest BCUT2D eigenvalue weighted by molar-refractivity contribution is 7.96. The number of carbonyl (C=O) groups is 1. The number of sulfone groups is 1. The number of hydrogen-bond donors (Lipinski definition) is 0. The summed E-state index contributed by atoms with van der Waals surface area (Å²) in [6.45, 7) is 2.11. The fourth-order valence-electron chi connectivity index (χ4n) is 2.04. The Kier molecular flexibility index (Phi) is 6.79. The van der Waals surface area contributed by atoms with Gasteiger partial charge in [-0.25, -0.2) is 13.2 Å². The van der Waals surface area contributed by atoms with Gasteiger partial charge in [-0.1, -0.05) is 49.6 Å². The lowest BCUT2D eigenvalue weighted by atomic mass is 10.2. The first-order valence-corrected chi connectivity index (χ1v) is 9.57. The summed E-state index contributed by atoms with van der Waals surface area (Å²) in [7, 11) is -3.60. The Balaban J connectivity index is 1.97. The molecule has 4 nitrogen and oxygen atoms in total. The van der Waals surface area contributed by atoms with Gasteiger partial charge in [-0.05, 0) is 36.2 Å². The third-order valence-electron chi connectivity index (χ3n) is 3.47. The third-order valence-corrected chi connectivity index (χ3v) is 4.78. The van der Waals surface area contributed by atoms with Crippen LogP contribution in [0.15, 0.2) is 59.5 Å². The molecular weight excluding hydrogens is 336 g/mol. The van der Waals surface area contributed by atoms with Crippen LogP contribution in [0.1, 0.15) is 42.1 Å². The van der Waals surface area contributed by atoms with Crippen molar-refractivity contribution in [2.45, 2.75) is 37.7 Å². The third kappa shape index (κ3) is 5.77. The second-order valence-corrected chi connectivity index (χ2v) is 7.15. The normalized spacial score (nSPS) is 10.6. The van der Waals surface area contributed by atoms with Crippen LogP contribution in [0.4, 0.5) is 0 Å². The lowest BCUT2D eigenvalue weighted by Gasteiger charge is -2.05. The van der Waals surface area contributed by atoms with Crippen LogP contribution in [-0.4, -0.2) is 14.4 Å². The van der Waals surface area contributed by atoms with Gasteiger partial charge in [-0.2, -0.15) is 0 Å². The number of benzene rings is 2. The van der Waals surface area contributed by atoms with Crippen LogP contribution >= 0.6 is 0 Å². The van der Waals surface area contributed by atoms with Crippen LogP contribution in [0.3, 0.4) is 0 Å². The van der Waals surface area contributed by atoms with Crippen LogP contribution < -0.4 is 0 Å². The number of ether oxygens (including phenoxy) is 1. The molecule has 0 aliphatic rings. The molecular formula is C20H20O4S. The Labute approximate surface area is 148 Å². The second-order valence-electron chi connectivity index (χ2n) is 5.47. The average molecular weight is 356 g/mol. The van der Waals surface area contributed by atoms with Crippen LogP contribution in [0.5, 0.6) is 0 Å². The summed E-state index contributed by atoms with van der Waals surface area (Å²) in [5.74, 6) is 2.27. The Morgan fingerprint density at radius 3 is 2.36 bits per heavy atom. The Bertz CT molecular complexity index is 857. The number of rotatable bonds is 6. The van der Waals surface area contributed by atoms with E-state index in [1.165, 1.54) is 12.1 Å². The first-order chi connectivity index (χ1) is 12.0. The fraction of sp³-hybridized carbons (Fsp3) is 0.250. The summed E-state index contributed by atoms with van der Waals surface area (Å²) in [5.41, 5.74) is 1.19. The molecule has 0 bridgehead atoms. The minimum Gasteiger partial charge on any atom is -0.457 e. The predicted octanol–water partition coefficient (Wildman–Crippen LogP) is 3.97. The number of esters is 1. The number of unbranched alkanes of at least 4 members (excludes halogenated alkanes) is 2. The van der Waals surface area contributed by atoms with Gasteiger partial charge in [0.2, 0.25) is 9.84 Å².